The van der Waals surface area contributed by atoms with Crippen LogP contribution >= 0.6 is 11.3 Å². The summed E-state index contributed by atoms with van der Waals surface area (Å²) >= 11 is 1.64. The number of carbonyl (C=O) groups is 1. The van der Waals surface area contributed by atoms with Crippen LogP contribution in [0.3, 0.4) is 0 Å². The smallest absolute Gasteiger partial charge is 0.262 e. The number of H-pyrrole nitrogens is 1. The van der Waals surface area contributed by atoms with E-state index in [1.807, 2.05) is 30.3 Å². The molecule has 0 radical (unpaired) electrons. The zero-order valence-corrected chi connectivity index (χ0v) is 20.4. The molecule has 2 aromatic carbocycles. The number of hydrogen-bond acceptors (Lipinski definition) is 6. The summed E-state index contributed by atoms with van der Waals surface area (Å²) in [6.45, 7) is -0.160. The highest BCUT2D eigenvalue weighted by Gasteiger charge is 2.19. The fourth-order valence-corrected chi connectivity index (χ4v) is 5.71. The number of fused-ring (bicyclic) bond motifs is 3. The molecule has 35 heavy (non-hydrogen) atoms. The number of nitrogens with zero attached hydrogens (tertiary/aromatic N) is 1. The van der Waals surface area contributed by atoms with Crippen LogP contribution in [-0.4, -0.2) is 29.6 Å². The summed E-state index contributed by atoms with van der Waals surface area (Å²) in [4.78, 5) is 35.1. The molecule has 0 aliphatic heterocycles. The average molecular weight is 490 g/mol. The van der Waals surface area contributed by atoms with Crippen LogP contribution in [0.5, 0.6) is 11.5 Å². The molecular weight excluding hydrogens is 462 g/mol. The van der Waals surface area contributed by atoms with Gasteiger partial charge in [-0.1, -0.05) is 31.0 Å². The minimum atomic E-state index is -0.271. The van der Waals surface area contributed by atoms with E-state index >= 15 is 0 Å². The molecule has 8 heteroatoms. The number of carbonyl (C=O) groups excluding carboxylic acids is 1. The third-order valence-electron chi connectivity index (χ3n) is 6.18. The predicted octanol–water partition coefficient (Wildman–Crippen LogP) is 5.34. The Morgan fingerprint density at radius 2 is 1.86 bits per heavy atom. The summed E-state index contributed by atoms with van der Waals surface area (Å²) in [5.74, 6) is 1.11. The van der Waals surface area contributed by atoms with Gasteiger partial charge >= 0.3 is 0 Å². The molecule has 0 bridgehead atoms. The van der Waals surface area contributed by atoms with E-state index in [9.17, 15) is 9.59 Å². The second kappa shape index (κ2) is 10.3. The van der Waals surface area contributed by atoms with E-state index in [1.54, 1.807) is 29.5 Å². The Balaban J connectivity index is 1.37. The summed E-state index contributed by atoms with van der Waals surface area (Å²) in [5, 5.41) is 3.53. The van der Waals surface area contributed by atoms with Gasteiger partial charge < -0.3 is 19.8 Å². The number of aromatic amines is 1. The number of nitrogens with one attached hydrogen (secondary N) is 2. The van der Waals surface area contributed by atoms with Gasteiger partial charge in [-0.25, -0.2) is 4.98 Å². The maximum Gasteiger partial charge on any atom is 0.262 e. The number of amides is 1. The van der Waals surface area contributed by atoms with Crippen molar-refractivity contribution in [1.29, 1.82) is 0 Å². The number of thiophene rings is 1. The van der Waals surface area contributed by atoms with Crippen LogP contribution in [-0.2, 0) is 17.6 Å². The van der Waals surface area contributed by atoms with E-state index in [2.05, 4.69) is 10.3 Å². The lowest BCUT2D eigenvalue weighted by Crippen LogP contribution is -2.20. The molecule has 1 amide bonds. The maximum absolute atomic E-state index is 13.1. The largest absolute Gasteiger partial charge is 0.493 e. The Hall–Kier alpha value is -3.65. The van der Waals surface area contributed by atoms with Crippen LogP contribution in [0.2, 0.25) is 0 Å². The molecule has 4 aromatic rings. The van der Waals surface area contributed by atoms with Crippen molar-refractivity contribution in [2.45, 2.75) is 38.5 Å². The van der Waals surface area contributed by atoms with Gasteiger partial charge in [0.2, 0.25) is 0 Å². The van der Waals surface area contributed by atoms with Crippen molar-refractivity contribution in [3.05, 3.63) is 69.3 Å². The number of aryl methyl sites for hydroxylation is 2. The van der Waals surface area contributed by atoms with Crippen molar-refractivity contribution in [1.82, 2.24) is 9.97 Å². The Labute approximate surface area is 207 Å². The molecule has 0 saturated carbocycles. The van der Waals surface area contributed by atoms with Gasteiger partial charge in [-0.05, 0) is 61.6 Å². The van der Waals surface area contributed by atoms with Crippen LogP contribution in [0, 0.1) is 0 Å². The third kappa shape index (κ3) is 5.07. The first-order chi connectivity index (χ1) is 17.1. The van der Waals surface area contributed by atoms with E-state index in [-0.39, 0.29) is 18.1 Å². The van der Waals surface area contributed by atoms with Gasteiger partial charge in [0, 0.05) is 16.1 Å². The second-order valence-corrected chi connectivity index (χ2v) is 9.66. The Morgan fingerprint density at radius 1 is 1.06 bits per heavy atom. The van der Waals surface area contributed by atoms with Gasteiger partial charge in [0.15, 0.2) is 18.1 Å². The topological polar surface area (TPSA) is 93.3 Å². The van der Waals surface area contributed by atoms with Gasteiger partial charge in [-0.3, -0.25) is 9.59 Å². The molecule has 0 unspecified atom stereocenters. The molecule has 2 heterocycles. The number of methoxy groups -OCH3 is 1. The highest BCUT2D eigenvalue weighted by molar-refractivity contribution is 7.18. The molecule has 7 nitrogen and oxygen atoms in total. The van der Waals surface area contributed by atoms with E-state index in [0.29, 0.717) is 28.6 Å². The first kappa shape index (κ1) is 23.1. The summed E-state index contributed by atoms with van der Waals surface area (Å²) in [5.41, 5.74) is 2.50. The van der Waals surface area contributed by atoms with Gasteiger partial charge in [-0.15, -0.1) is 11.3 Å². The average Bonchev–Trinajstić information content (AvgIpc) is 3.20. The minimum Gasteiger partial charge on any atom is -0.493 e. The number of para-hydroxylation sites is 1. The summed E-state index contributed by atoms with van der Waals surface area (Å²) in [6.07, 6.45) is 6.68. The van der Waals surface area contributed by atoms with Crippen LogP contribution in [0.4, 0.5) is 5.69 Å². The normalized spacial score (nSPS) is 13.5. The van der Waals surface area contributed by atoms with Crippen molar-refractivity contribution >= 4 is 33.1 Å². The van der Waals surface area contributed by atoms with Crippen molar-refractivity contribution in [2.75, 3.05) is 19.0 Å². The van der Waals surface area contributed by atoms with Crippen LogP contribution < -0.4 is 20.3 Å². The van der Waals surface area contributed by atoms with Gasteiger partial charge in [-0.2, -0.15) is 0 Å². The predicted molar refractivity (Wildman–Crippen MR) is 139 cm³/mol. The van der Waals surface area contributed by atoms with E-state index in [1.165, 1.54) is 30.4 Å². The van der Waals surface area contributed by atoms with Crippen LogP contribution in [0.15, 0.2) is 53.3 Å². The highest BCUT2D eigenvalue weighted by atomic mass is 32.1. The van der Waals surface area contributed by atoms with E-state index < -0.39 is 0 Å². The fraction of sp³-hybridized carbons (Fsp3) is 0.296. The first-order valence-corrected chi connectivity index (χ1v) is 12.6. The summed E-state index contributed by atoms with van der Waals surface area (Å²) < 4.78 is 11.2. The number of benzene rings is 2. The second-order valence-electron chi connectivity index (χ2n) is 8.58. The molecule has 0 atom stereocenters. The van der Waals surface area contributed by atoms with Crippen molar-refractivity contribution < 1.29 is 14.3 Å². The molecule has 0 fully saturated rings. The molecular formula is C27H27N3O4S. The third-order valence-corrected chi connectivity index (χ3v) is 7.36. The maximum atomic E-state index is 13.1. The zero-order chi connectivity index (χ0) is 24.2. The van der Waals surface area contributed by atoms with Gasteiger partial charge in [0.25, 0.3) is 11.5 Å². The number of hydrogen-bond donors (Lipinski definition) is 2. The SMILES string of the molecule is COc1cc(-c2nc3sc4c(c3c(=O)[nH]2)CCCCCC4)ccc1OCC(=O)Nc1ccccc1. The molecule has 1 aliphatic carbocycles. The molecule has 180 valence electrons. The van der Waals surface area contributed by atoms with E-state index in [4.69, 9.17) is 14.5 Å². The minimum absolute atomic E-state index is 0.0973. The van der Waals surface area contributed by atoms with Gasteiger partial charge in [0.05, 0.1) is 12.5 Å². The number of anilines is 1. The first-order valence-electron chi connectivity index (χ1n) is 11.8. The summed E-state index contributed by atoms with van der Waals surface area (Å²) in [6, 6.07) is 14.5. The molecule has 0 saturated heterocycles. The number of rotatable bonds is 6. The Morgan fingerprint density at radius 3 is 2.66 bits per heavy atom. The standard InChI is InChI=1S/C27H27N3O4S/c1-33-21-15-17(13-14-20(21)34-16-23(31)28-18-9-5-4-6-10-18)25-29-26(32)24-19-11-7-2-3-8-12-22(19)35-27(24)30-25/h4-6,9-10,13-15H,2-3,7-8,11-12,16H2,1H3,(H,28,31)(H,29,30,32). The van der Waals surface area contributed by atoms with E-state index in [0.717, 1.165) is 35.9 Å². The van der Waals surface area contributed by atoms with Crippen molar-refractivity contribution in [3.63, 3.8) is 0 Å². The van der Waals surface area contributed by atoms with Crippen LogP contribution in [0.1, 0.15) is 36.1 Å². The monoisotopic (exact) mass is 489 g/mol. The summed E-state index contributed by atoms with van der Waals surface area (Å²) in [7, 11) is 1.54. The van der Waals surface area contributed by atoms with Crippen LogP contribution in [0.25, 0.3) is 21.6 Å². The Kier molecular flexibility index (Phi) is 6.81. The molecule has 2 aromatic heterocycles. The molecule has 2 N–H and O–H groups in total. The quantitative estimate of drug-likeness (QED) is 0.382. The molecule has 1 aliphatic rings. The highest BCUT2D eigenvalue weighted by Crippen LogP contribution is 2.35. The molecule has 0 spiro atoms. The lowest BCUT2D eigenvalue weighted by molar-refractivity contribution is -0.118. The van der Waals surface area contributed by atoms with Crippen molar-refractivity contribution in [2.24, 2.45) is 0 Å². The zero-order valence-electron chi connectivity index (χ0n) is 19.6. The number of ether oxygens (including phenoxy) is 2. The van der Waals surface area contributed by atoms with Crippen molar-refractivity contribution in [3.8, 4) is 22.9 Å². The Bertz CT molecular complexity index is 1410. The molecule has 5 rings (SSSR count). The number of aromatic nitrogens is 2. The van der Waals surface area contributed by atoms with Gasteiger partial charge in [0.1, 0.15) is 10.7 Å². The fourth-order valence-electron chi connectivity index (χ4n) is 4.45. The lowest BCUT2D eigenvalue weighted by atomic mass is 9.98. The lowest BCUT2D eigenvalue weighted by Gasteiger charge is -2.12.